The molecule has 0 saturated heterocycles. The van der Waals surface area contributed by atoms with Crippen LogP contribution < -0.4 is 0 Å². The van der Waals surface area contributed by atoms with Gasteiger partial charge in [0.05, 0.1) is 0 Å². The molecule has 0 saturated carbocycles. The Labute approximate surface area is 55.3 Å². The van der Waals surface area contributed by atoms with Crippen molar-refractivity contribution < 1.29 is 8.78 Å². The molecule has 0 fully saturated rings. The van der Waals surface area contributed by atoms with Gasteiger partial charge in [-0.3, -0.25) is 0 Å². The molecule has 0 unspecified atom stereocenters. The third-order valence-corrected chi connectivity index (χ3v) is 2.07. The van der Waals surface area contributed by atoms with Crippen LogP contribution >= 0.6 is 0 Å². The van der Waals surface area contributed by atoms with Gasteiger partial charge in [-0.15, -0.1) is 0 Å². The average Bonchev–Trinajstić information content (AvgIpc) is 1.64. The van der Waals surface area contributed by atoms with Crippen LogP contribution in [-0.4, -0.2) is 5.92 Å². The molecule has 2 heteroatoms. The molecule has 0 N–H and O–H groups in total. The lowest BCUT2D eigenvalue weighted by Crippen LogP contribution is -2.32. The molecule has 0 rings (SSSR count). The number of alkyl halides is 2. The standard InChI is InChI=1S/C7H14F2/c1-5-6(2,3)7(4,8)9/h5H2,1-4H3. The molecular weight excluding hydrogens is 122 g/mol. The van der Waals surface area contributed by atoms with Gasteiger partial charge in [0.1, 0.15) is 0 Å². The van der Waals surface area contributed by atoms with Gasteiger partial charge < -0.3 is 0 Å². The van der Waals surface area contributed by atoms with Gasteiger partial charge in [-0.2, -0.15) is 0 Å². The summed E-state index contributed by atoms with van der Waals surface area (Å²) in [5.41, 5.74) is -0.854. The van der Waals surface area contributed by atoms with Crippen molar-refractivity contribution in [1.29, 1.82) is 0 Å². The van der Waals surface area contributed by atoms with E-state index in [-0.39, 0.29) is 0 Å². The van der Waals surface area contributed by atoms with E-state index in [0.717, 1.165) is 6.92 Å². The largest absolute Gasteiger partial charge is 0.250 e. The van der Waals surface area contributed by atoms with E-state index in [2.05, 4.69) is 0 Å². The Bertz CT molecular complexity index is 89.6. The number of halogens is 2. The van der Waals surface area contributed by atoms with Crippen LogP contribution in [0.5, 0.6) is 0 Å². The number of hydrogen-bond donors (Lipinski definition) is 0. The molecule has 0 aromatic carbocycles. The zero-order valence-corrected chi connectivity index (χ0v) is 6.46. The molecule has 0 nitrogen and oxygen atoms in total. The molecule has 0 heterocycles. The highest BCUT2D eigenvalue weighted by molar-refractivity contribution is 4.79. The van der Waals surface area contributed by atoms with Crippen LogP contribution in [0.25, 0.3) is 0 Å². The van der Waals surface area contributed by atoms with Crippen molar-refractivity contribution in [3.05, 3.63) is 0 Å². The zero-order chi connectivity index (χ0) is 7.71. The highest BCUT2D eigenvalue weighted by Crippen LogP contribution is 2.37. The van der Waals surface area contributed by atoms with Crippen molar-refractivity contribution in [3.63, 3.8) is 0 Å². The SMILES string of the molecule is CCC(C)(C)C(C)(F)F. The van der Waals surface area contributed by atoms with E-state index in [4.69, 9.17) is 0 Å². The molecule has 0 bridgehead atoms. The van der Waals surface area contributed by atoms with E-state index in [9.17, 15) is 8.78 Å². The zero-order valence-electron chi connectivity index (χ0n) is 6.46. The Hall–Kier alpha value is -0.140. The summed E-state index contributed by atoms with van der Waals surface area (Å²) in [6.07, 6.45) is 0.510. The van der Waals surface area contributed by atoms with Crippen LogP contribution in [0.4, 0.5) is 8.78 Å². The fourth-order valence-corrected chi connectivity index (χ4v) is 0.310. The van der Waals surface area contributed by atoms with Crippen molar-refractivity contribution in [1.82, 2.24) is 0 Å². The minimum Gasteiger partial charge on any atom is -0.207 e. The highest BCUT2D eigenvalue weighted by atomic mass is 19.3. The van der Waals surface area contributed by atoms with Crippen molar-refractivity contribution in [2.45, 2.75) is 40.0 Å². The molecule has 0 amide bonds. The number of hydrogen-bond acceptors (Lipinski definition) is 0. The Morgan fingerprint density at radius 2 is 1.44 bits per heavy atom. The third-order valence-electron chi connectivity index (χ3n) is 2.07. The van der Waals surface area contributed by atoms with E-state index in [1.54, 1.807) is 20.8 Å². The van der Waals surface area contributed by atoms with Gasteiger partial charge in [0.15, 0.2) is 0 Å². The maximum Gasteiger partial charge on any atom is 0.250 e. The summed E-state index contributed by atoms with van der Waals surface area (Å²) < 4.78 is 25.0. The first-order valence-electron chi connectivity index (χ1n) is 3.19. The van der Waals surface area contributed by atoms with Crippen LogP contribution in [-0.2, 0) is 0 Å². The van der Waals surface area contributed by atoms with Crippen LogP contribution in [0.2, 0.25) is 0 Å². The lowest BCUT2D eigenvalue weighted by atomic mass is 9.84. The van der Waals surface area contributed by atoms with Gasteiger partial charge in [-0.25, -0.2) is 8.78 Å². The van der Waals surface area contributed by atoms with Gasteiger partial charge in [0, 0.05) is 5.41 Å². The second-order valence-electron chi connectivity index (χ2n) is 3.13. The van der Waals surface area contributed by atoms with E-state index in [1.165, 1.54) is 0 Å². The summed E-state index contributed by atoms with van der Waals surface area (Å²) in [5.74, 6) is -2.55. The summed E-state index contributed by atoms with van der Waals surface area (Å²) in [4.78, 5) is 0. The molecule has 0 atom stereocenters. The quantitative estimate of drug-likeness (QED) is 0.547. The maximum atomic E-state index is 12.5. The summed E-state index contributed by atoms with van der Waals surface area (Å²) >= 11 is 0. The summed E-state index contributed by atoms with van der Waals surface area (Å²) in [5, 5.41) is 0. The molecule has 0 aromatic heterocycles. The maximum absolute atomic E-state index is 12.5. The monoisotopic (exact) mass is 136 g/mol. The summed E-state index contributed by atoms with van der Waals surface area (Å²) in [7, 11) is 0. The van der Waals surface area contributed by atoms with E-state index in [0.29, 0.717) is 6.42 Å². The fourth-order valence-electron chi connectivity index (χ4n) is 0.310. The Balaban J connectivity index is 4.14. The molecule has 0 aromatic rings. The first-order valence-corrected chi connectivity index (χ1v) is 3.19. The van der Waals surface area contributed by atoms with Gasteiger partial charge in [-0.05, 0) is 13.3 Å². The van der Waals surface area contributed by atoms with Crippen LogP contribution in [0.1, 0.15) is 34.1 Å². The Morgan fingerprint density at radius 3 is 1.44 bits per heavy atom. The Kier molecular flexibility index (Phi) is 2.20. The molecule has 0 spiro atoms. The molecule has 0 aliphatic heterocycles. The highest BCUT2D eigenvalue weighted by Gasteiger charge is 2.39. The van der Waals surface area contributed by atoms with Crippen LogP contribution in [0.15, 0.2) is 0 Å². The molecule has 0 aliphatic rings. The van der Waals surface area contributed by atoms with E-state index >= 15 is 0 Å². The normalized spacial score (nSPS) is 14.0. The van der Waals surface area contributed by atoms with Crippen molar-refractivity contribution in [2.24, 2.45) is 5.41 Å². The molecule has 9 heavy (non-hydrogen) atoms. The molecule has 0 aliphatic carbocycles. The Morgan fingerprint density at radius 1 is 1.11 bits per heavy atom. The average molecular weight is 136 g/mol. The number of rotatable bonds is 2. The topological polar surface area (TPSA) is 0 Å². The van der Waals surface area contributed by atoms with Crippen LogP contribution in [0, 0.1) is 5.41 Å². The lowest BCUT2D eigenvalue weighted by Gasteiger charge is -2.29. The van der Waals surface area contributed by atoms with Gasteiger partial charge >= 0.3 is 0 Å². The van der Waals surface area contributed by atoms with Crippen molar-refractivity contribution in [3.8, 4) is 0 Å². The minimum absolute atomic E-state index is 0.510. The fraction of sp³-hybridized carbons (Fsp3) is 1.00. The first-order chi connectivity index (χ1) is 3.81. The lowest BCUT2D eigenvalue weighted by molar-refractivity contribution is -0.0898. The van der Waals surface area contributed by atoms with Crippen molar-refractivity contribution in [2.75, 3.05) is 0 Å². The predicted molar refractivity (Wildman–Crippen MR) is 34.7 cm³/mol. The second kappa shape index (κ2) is 2.24. The predicted octanol–water partition coefficient (Wildman–Crippen LogP) is 3.08. The van der Waals surface area contributed by atoms with Gasteiger partial charge in [0.2, 0.25) is 5.92 Å². The van der Waals surface area contributed by atoms with Gasteiger partial charge in [-0.1, -0.05) is 20.8 Å². The van der Waals surface area contributed by atoms with E-state index in [1.807, 2.05) is 0 Å². The summed E-state index contributed by atoms with van der Waals surface area (Å²) in [6, 6.07) is 0. The van der Waals surface area contributed by atoms with E-state index < -0.39 is 11.3 Å². The smallest absolute Gasteiger partial charge is 0.207 e. The molecule has 56 valence electrons. The first kappa shape index (κ1) is 8.86. The molecular formula is C7H14F2. The minimum atomic E-state index is -2.55. The second-order valence-corrected chi connectivity index (χ2v) is 3.13. The van der Waals surface area contributed by atoms with Crippen LogP contribution in [0.3, 0.4) is 0 Å². The molecule has 0 radical (unpaired) electrons. The van der Waals surface area contributed by atoms with Gasteiger partial charge in [0.25, 0.3) is 0 Å². The third kappa shape index (κ3) is 1.92. The summed E-state index contributed by atoms with van der Waals surface area (Å²) in [6.45, 7) is 5.90. The van der Waals surface area contributed by atoms with Crippen molar-refractivity contribution >= 4 is 0 Å².